The Morgan fingerprint density at radius 2 is 1.89 bits per heavy atom. The van der Waals surface area contributed by atoms with Gasteiger partial charge in [0.1, 0.15) is 12.1 Å². The van der Waals surface area contributed by atoms with E-state index >= 15 is 0 Å². The first-order chi connectivity index (χ1) is 13.2. The first kappa shape index (κ1) is 17.4. The Morgan fingerprint density at radius 3 is 2.52 bits per heavy atom. The quantitative estimate of drug-likeness (QED) is 0.775. The van der Waals surface area contributed by atoms with Gasteiger partial charge in [0.05, 0.1) is 11.7 Å². The van der Waals surface area contributed by atoms with Gasteiger partial charge in [-0.1, -0.05) is 30.3 Å². The molecule has 0 saturated carbocycles. The van der Waals surface area contributed by atoms with Crippen LogP contribution in [0.1, 0.15) is 34.9 Å². The molecule has 1 unspecified atom stereocenters. The molecular weight excluding hydrogens is 340 g/mol. The van der Waals surface area contributed by atoms with Crippen LogP contribution in [0.4, 0.5) is 0 Å². The summed E-state index contributed by atoms with van der Waals surface area (Å²) in [6.45, 7) is 1.30. The molecule has 1 aromatic carbocycles. The zero-order valence-electron chi connectivity index (χ0n) is 15.0. The highest BCUT2D eigenvalue weighted by Crippen LogP contribution is 2.31. The standard InChI is InChI=1S/C21H22N4O2/c26-20(16-4-2-1-3-5-16)17-8-11-24(12-9-17)21(27)18-6-7-19(23-14-18)25-13-10-22-15-25/h1-7,10,13-15,17,20,26H,8-9,11-12H2. The number of carbonyl (C=O) groups excluding carboxylic acids is 1. The maximum Gasteiger partial charge on any atom is 0.255 e. The maximum absolute atomic E-state index is 12.7. The van der Waals surface area contributed by atoms with Crippen LogP contribution >= 0.6 is 0 Å². The number of amides is 1. The van der Waals surface area contributed by atoms with Gasteiger partial charge in [0.2, 0.25) is 0 Å². The van der Waals surface area contributed by atoms with E-state index in [9.17, 15) is 9.90 Å². The van der Waals surface area contributed by atoms with Gasteiger partial charge in [0, 0.05) is 31.7 Å². The summed E-state index contributed by atoms with van der Waals surface area (Å²) in [6.07, 6.45) is 7.90. The van der Waals surface area contributed by atoms with Crippen molar-refractivity contribution in [1.29, 1.82) is 0 Å². The Labute approximate surface area is 158 Å². The van der Waals surface area contributed by atoms with Gasteiger partial charge < -0.3 is 10.0 Å². The number of pyridine rings is 1. The molecular formula is C21H22N4O2. The van der Waals surface area contributed by atoms with Gasteiger partial charge in [-0.25, -0.2) is 9.97 Å². The summed E-state index contributed by atoms with van der Waals surface area (Å²) >= 11 is 0. The first-order valence-electron chi connectivity index (χ1n) is 9.19. The third-order valence-corrected chi connectivity index (χ3v) is 5.18. The van der Waals surface area contributed by atoms with Crippen molar-refractivity contribution in [2.75, 3.05) is 13.1 Å². The molecule has 3 aromatic rings. The second-order valence-corrected chi connectivity index (χ2v) is 6.86. The number of rotatable bonds is 4. The summed E-state index contributed by atoms with van der Waals surface area (Å²) < 4.78 is 1.80. The number of likely N-dealkylation sites (tertiary alicyclic amines) is 1. The fraction of sp³-hybridized carbons (Fsp3) is 0.286. The van der Waals surface area contributed by atoms with Crippen LogP contribution in [0, 0.1) is 5.92 Å². The zero-order chi connectivity index (χ0) is 18.6. The van der Waals surface area contributed by atoms with Crippen LogP contribution in [-0.4, -0.2) is 43.5 Å². The van der Waals surface area contributed by atoms with Crippen LogP contribution in [0.5, 0.6) is 0 Å². The molecule has 27 heavy (non-hydrogen) atoms. The number of hydrogen-bond donors (Lipinski definition) is 1. The Bertz CT molecular complexity index is 870. The number of aliphatic hydroxyl groups excluding tert-OH is 1. The fourth-order valence-electron chi connectivity index (χ4n) is 3.58. The molecule has 2 aromatic heterocycles. The molecule has 1 amide bonds. The number of aliphatic hydroxyl groups is 1. The van der Waals surface area contributed by atoms with E-state index in [2.05, 4.69) is 9.97 Å². The molecule has 0 aliphatic carbocycles. The van der Waals surface area contributed by atoms with Crippen molar-refractivity contribution in [3.8, 4) is 5.82 Å². The second-order valence-electron chi connectivity index (χ2n) is 6.86. The molecule has 4 rings (SSSR count). The molecule has 1 aliphatic heterocycles. The van der Waals surface area contributed by atoms with Gasteiger partial charge in [0.15, 0.2) is 0 Å². The van der Waals surface area contributed by atoms with E-state index in [0.29, 0.717) is 18.7 Å². The summed E-state index contributed by atoms with van der Waals surface area (Å²) in [7, 11) is 0. The Morgan fingerprint density at radius 1 is 1.11 bits per heavy atom. The van der Waals surface area contributed by atoms with E-state index in [1.165, 1.54) is 0 Å². The topological polar surface area (TPSA) is 71.2 Å². The van der Waals surface area contributed by atoms with Gasteiger partial charge in [0.25, 0.3) is 5.91 Å². The summed E-state index contributed by atoms with van der Waals surface area (Å²) in [5, 5.41) is 10.6. The summed E-state index contributed by atoms with van der Waals surface area (Å²) in [4.78, 5) is 23.0. The number of aromatic nitrogens is 3. The Hall–Kier alpha value is -2.99. The number of nitrogens with zero attached hydrogens (tertiary/aromatic N) is 4. The minimum absolute atomic E-state index is 0.00710. The van der Waals surface area contributed by atoms with Crippen LogP contribution in [0.15, 0.2) is 67.4 Å². The predicted molar refractivity (Wildman–Crippen MR) is 101 cm³/mol. The van der Waals surface area contributed by atoms with Crippen molar-refractivity contribution in [3.05, 3.63) is 78.5 Å². The van der Waals surface area contributed by atoms with Crippen LogP contribution in [0.25, 0.3) is 5.82 Å². The summed E-state index contributed by atoms with van der Waals surface area (Å²) in [6, 6.07) is 13.4. The number of hydrogen-bond acceptors (Lipinski definition) is 4. The minimum Gasteiger partial charge on any atom is -0.388 e. The lowest BCUT2D eigenvalue weighted by atomic mass is 9.87. The van der Waals surface area contributed by atoms with Crippen molar-refractivity contribution in [2.45, 2.75) is 18.9 Å². The predicted octanol–water partition coefficient (Wildman–Crippen LogP) is 2.85. The molecule has 3 heterocycles. The number of benzene rings is 1. The summed E-state index contributed by atoms with van der Waals surface area (Å²) in [5.74, 6) is 0.902. The minimum atomic E-state index is -0.473. The first-order valence-corrected chi connectivity index (χ1v) is 9.19. The van der Waals surface area contributed by atoms with Gasteiger partial charge in [-0.05, 0) is 36.5 Å². The molecule has 0 radical (unpaired) electrons. The highest BCUT2D eigenvalue weighted by atomic mass is 16.3. The summed E-state index contributed by atoms with van der Waals surface area (Å²) in [5.41, 5.74) is 1.53. The molecule has 0 bridgehead atoms. The highest BCUT2D eigenvalue weighted by Gasteiger charge is 2.28. The lowest BCUT2D eigenvalue weighted by Gasteiger charge is -2.34. The largest absolute Gasteiger partial charge is 0.388 e. The molecule has 0 spiro atoms. The molecule has 138 valence electrons. The maximum atomic E-state index is 12.7. The van der Waals surface area contributed by atoms with Crippen molar-refractivity contribution in [2.24, 2.45) is 5.92 Å². The zero-order valence-corrected chi connectivity index (χ0v) is 15.0. The van der Waals surface area contributed by atoms with Crippen molar-refractivity contribution < 1.29 is 9.90 Å². The highest BCUT2D eigenvalue weighted by molar-refractivity contribution is 5.94. The second kappa shape index (κ2) is 7.72. The molecule has 1 saturated heterocycles. The number of piperidine rings is 1. The average Bonchev–Trinajstić information content (AvgIpc) is 3.28. The number of carbonyl (C=O) groups is 1. The van der Waals surface area contributed by atoms with E-state index in [-0.39, 0.29) is 11.8 Å². The lowest BCUT2D eigenvalue weighted by molar-refractivity contribution is 0.0462. The van der Waals surface area contributed by atoms with Crippen molar-refractivity contribution in [1.82, 2.24) is 19.4 Å². The van der Waals surface area contributed by atoms with Crippen LogP contribution in [0.2, 0.25) is 0 Å². The third kappa shape index (κ3) is 3.75. The van der Waals surface area contributed by atoms with Crippen LogP contribution < -0.4 is 0 Å². The van der Waals surface area contributed by atoms with E-state index in [1.807, 2.05) is 47.5 Å². The smallest absolute Gasteiger partial charge is 0.255 e. The molecule has 1 atom stereocenters. The van der Waals surface area contributed by atoms with Crippen molar-refractivity contribution in [3.63, 3.8) is 0 Å². The molecule has 6 heteroatoms. The molecule has 1 aliphatic rings. The lowest BCUT2D eigenvalue weighted by Crippen LogP contribution is -2.39. The average molecular weight is 362 g/mol. The van der Waals surface area contributed by atoms with Gasteiger partial charge >= 0.3 is 0 Å². The van der Waals surface area contributed by atoms with Crippen LogP contribution in [-0.2, 0) is 0 Å². The molecule has 6 nitrogen and oxygen atoms in total. The van der Waals surface area contributed by atoms with E-state index in [1.54, 1.807) is 29.4 Å². The molecule has 1 fully saturated rings. The Kier molecular flexibility index (Phi) is 4.98. The monoisotopic (exact) mass is 362 g/mol. The van der Waals surface area contributed by atoms with Crippen LogP contribution in [0.3, 0.4) is 0 Å². The normalized spacial score (nSPS) is 16.3. The van der Waals surface area contributed by atoms with Gasteiger partial charge in [-0.3, -0.25) is 9.36 Å². The van der Waals surface area contributed by atoms with E-state index in [4.69, 9.17) is 0 Å². The van der Waals surface area contributed by atoms with E-state index < -0.39 is 6.10 Å². The Balaban J connectivity index is 1.37. The molecule has 1 N–H and O–H groups in total. The van der Waals surface area contributed by atoms with Gasteiger partial charge in [-0.15, -0.1) is 0 Å². The van der Waals surface area contributed by atoms with Gasteiger partial charge in [-0.2, -0.15) is 0 Å². The SMILES string of the molecule is O=C(c1ccc(-n2ccnc2)nc1)N1CCC(C(O)c2ccccc2)CC1. The van der Waals surface area contributed by atoms with E-state index in [0.717, 1.165) is 24.2 Å². The fourth-order valence-corrected chi connectivity index (χ4v) is 3.58. The van der Waals surface area contributed by atoms with Crippen molar-refractivity contribution >= 4 is 5.91 Å². The number of imidazole rings is 1. The third-order valence-electron chi connectivity index (χ3n) is 5.18.